The lowest BCUT2D eigenvalue weighted by atomic mass is 10.0. The molecule has 0 spiro atoms. The topological polar surface area (TPSA) is 86.2 Å². The van der Waals surface area contributed by atoms with E-state index in [1.165, 1.54) is 13.0 Å². The molecular formula is C24H23N3O3. The largest absolute Gasteiger partial charge is 0.450 e. The number of para-hydroxylation sites is 1. The van der Waals surface area contributed by atoms with Gasteiger partial charge in [-0.25, -0.2) is 4.79 Å². The number of hydrogen-bond donors (Lipinski definition) is 1. The number of carbonyl (C=O) groups excluding carboxylic acids is 2. The van der Waals surface area contributed by atoms with Crippen LogP contribution < -0.4 is 4.90 Å². The van der Waals surface area contributed by atoms with Gasteiger partial charge >= 0.3 is 5.97 Å². The summed E-state index contributed by atoms with van der Waals surface area (Å²) in [6.45, 7) is 3.32. The summed E-state index contributed by atoms with van der Waals surface area (Å²) in [5, 5.41) is 10.2. The fourth-order valence-corrected chi connectivity index (χ4v) is 3.25. The second kappa shape index (κ2) is 8.66. The molecular weight excluding hydrogens is 378 g/mol. The number of benzene rings is 2. The van der Waals surface area contributed by atoms with Gasteiger partial charge in [-0.15, -0.1) is 0 Å². The Morgan fingerprint density at radius 3 is 2.43 bits per heavy atom. The van der Waals surface area contributed by atoms with E-state index >= 15 is 0 Å². The molecule has 3 aromatic rings. The molecule has 1 aromatic heterocycles. The Morgan fingerprint density at radius 2 is 1.80 bits per heavy atom. The third-order valence-corrected chi connectivity index (χ3v) is 4.85. The molecule has 0 amide bonds. The lowest BCUT2D eigenvalue weighted by Crippen LogP contribution is -2.25. The first-order valence-corrected chi connectivity index (χ1v) is 9.53. The molecule has 0 bridgehead atoms. The first-order valence-electron chi connectivity index (χ1n) is 9.53. The molecule has 0 saturated carbocycles. The zero-order valence-electron chi connectivity index (χ0n) is 17.4. The summed E-state index contributed by atoms with van der Waals surface area (Å²) in [7, 11) is 3.85. The number of rotatable bonds is 6. The molecule has 0 fully saturated rings. The van der Waals surface area contributed by atoms with E-state index in [9.17, 15) is 14.9 Å². The number of nitrogens with zero attached hydrogens (tertiary/aromatic N) is 2. The number of H-pyrrole nitrogens is 1. The number of nitriles is 1. The van der Waals surface area contributed by atoms with Crippen LogP contribution >= 0.6 is 0 Å². The van der Waals surface area contributed by atoms with Crippen LogP contribution in [0.25, 0.3) is 17.0 Å². The number of aromatic nitrogens is 1. The summed E-state index contributed by atoms with van der Waals surface area (Å²) in [6, 6.07) is 16.7. The number of Topliss-reactive ketones (excluding diaryl/α,β-unsaturated/α-hetero) is 1. The van der Waals surface area contributed by atoms with Crippen LogP contribution in [0.2, 0.25) is 0 Å². The summed E-state index contributed by atoms with van der Waals surface area (Å²) in [6.07, 6.45) is 0.430. The molecule has 1 unspecified atom stereocenters. The standard InChI is InChI=1S/C24H23N3O3/c1-15-22(20-7-5-6-8-21(20)26-15)23(28)16(2)30-24(29)18(14-25)13-17-9-11-19(12-10-17)27(3)4/h5-13,16,26H,1-4H3/b18-13+. The molecule has 6 heteroatoms. The number of anilines is 1. The number of ether oxygens (including phenoxy) is 1. The number of ketones is 1. The molecule has 1 N–H and O–H groups in total. The number of aryl methyl sites for hydroxylation is 1. The average Bonchev–Trinajstić information content (AvgIpc) is 3.07. The summed E-state index contributed by atoms with van der Waals surface area (Å²) in [5.41, 5.74) is 3.58. The Labute approximate surface area is 175 Å². The Kier molecular flexibility index (Phi) is 6.03. The van der Waals surface area contributed by atoms with E-state index in [-0.39, 0.29) is 11.4 Å². The van der Waals surface area contributed by atoms with Crippen molar-refractivity contribution < 1.29 is 14.3 Å². The maximum Gasteiger partial charge on any atom is 0.349 e. The minimum atomic E-state index is -1.02. The Balaban J connectivity index is 1.78. The number of carbonyl (C=O) groups is 2. The first kappa shape index (κ1) is 20.9. The average molecular weight is 401 g/mol. The number of esters is 1. The third kappa shape index (κ3) is 4.26. The van der Waals surface area contributed by atoms with Crippen molar-refractivity contribution in [3.8, 4) is 6.07 Å². The predicted octanol–water partition coefficient (Wildman–Crippen LogP) is 4.26. The maximum absolute atomic E-state index is 12.9. The van der Waals surface area contributed by atoms with Crippen LogP contribution in [0.4, 0.5) is 5.69 Å². The number of hydrogen-bond acceptors (Lipinski definition) is 5. The Morgan fingerprint density at radius 1 is 1.13 bits per heavy atom. The van der Waals surface area contributed by atoms with Crippen molar-refractivity contribution >= 4 is 34.4 Å². The number of aromatic amines is 1. The molecule has 3 rings (SSSR count). The molecule has 0 aliphatic carbocycles. The molecule has 0 aliphatic heterocycles. The highest BCUT2D eigenvalue weighted by Crippen LogP contribution is 2.24. The zero-order chi connectivity index (χ0) is 21.8. The Bertz CT molecular complexity index is 1160. The van der Waals surface area contributed by atoms with Crippen LogP contribution in [0.1, 0.15) is 28.5 Å². The minimum Gasteiger partial charge on any atom is -0.450 e. The van der Waals surface area contributed by atoms with Gasteiger partial charge in [0, 0.05) is 41.9 Å². The van der Waals surface area contributed by atoms with E-state index in [4.69, 9.17) is 4.74 Å². The van der Waals surface area contributed by atoms with E-state index in [1.54, 1.807) is 6.92 Å². The van der Waals surface area contributed by atoms with Crippen molar-refractivity contribution in [2.45, 2.75) is 20.0 Å². The van der Waals surface area contributed by atoms with E-state index in [0.29, 0.717) is 16.8 Å². The predicted molar refractivity (Wildman–Crippen MR) is 117 cm³/mol. The van der Waals surface area contributed by atoms with Crippen molar-refractivity contribution in [3.63, 3.8) is 0 Å². The van der Waals surface area contributed by atoms with Crippen LogP contribution in [-0.4, -0.2) is 36.9 Å². The van der Waals surface area contributed by atoms with Crippen molar-refractivity contribution in [2.75, 3.05) is 19.0 Å². The van der Waals surface area contributed by atoms with Crippen molar-refractivity contribution in [2.24, 2.45) is 0 Å². The fourth-order valence-electron chi connectivity index (χ4n) is 3.25. The molecule has 152 valence electrons. The molecule has 0 saturated heterocycles. The van der Waals surface area contributed by atoms with Gasteiger partial charge in [0.1, 0.15) is 11.6 Å². The molecule has 30 heavy (non-hydrogen) atoms. The van der Waals surface area contributed by atoms with Gasteiger partial charge in [-0.2, -0.15) is 5.26 Å². The van der Waals surface area contributed by atoms with E-state index in [2.05, 4.69) is 4.98 Å². The highest BCUT2D eigenvalue weighted by Gasteiger charge is 2.25. The van der Waals surface area contributed by atoms with Gasteiger partial charge in [0.2, 0.25) is 5.78 Å². The molecule has 0 aliphatic rings. The quantitative estimate of drug-likeness (QED) is 0.289. The number of nitrogens with one attached hydrogen (secondary N) is 1. The summed E-state index contributed by atoms with van der Waals surface area (Å²) >= 11 is 0. The summed E-state index contributed by atoms with van der Waals surface area (Å²) in [4.78, 5) is 30.6. The van der Waals surface area contributed by atoms with Crippen LogP contribution in [0, 0.1) is 18.3 Å². The third-order valence-electron chi connectivity index (χ3n) is 4.85. The monoisotopic (exact) mass is 401 g/mol. The Hall–Kier alpha value is -3.85. The summed E-state index contributed by atoms with van der Waals surface area (Å²) < 4.78 is 5.33. The van der Waals surface area contributed by atoms with Crippen LogP contribution in [0.15, 0.2) is 54.1 Å². The van der Waals surface area contributed by atoms with Gasteiger partial charge < -0.3 is 14.6 Å². The van der Waals surface area contributed by atoms with Crippen LogP contribution in [0.5, 0.6) is 0 Å². The lowest BCUT2D eigenvalue weighted by molar-refractivity contribution is -0.141. The molecule has 1 atom stereocenters. The highest BCUT2D eigenvalue weighted by atomic mass is 16.5. The van der Waals surface area contributed by atoms with E-state index in [0.717, 1.165) is 16.6 Å². The van der Waals surface area contributed by atoms with Gasteiger partial charge in [-0.05, 0) is 43.7 Å². The normalized spacial score (nSPS) is 12.3. The van der Waals surface area contributed by atoms with Gasteiger partial charge in [0.05, 0.1) is 0 Å². The molecule has 1 heterocycles. The van der Waals surface area contributed by atoms with Crippen LogP contribution in [-0.2, 0) is 9.53 Å². The minimum absolute atomic E-state index is 0.164. The highest BCUT2D eigenvalue weighted by molar-refractivity contribution is 6.12. The lowest BCUT2D eigenvalue weighted by Gasteiger charge is -2.13. The second-order valence-electron chi connectivity index (χ2n) is 7.24. The number of fused-ring (bicyclic) bond motifs is 1. The van der Waals surface area contributed by atoms with Crippen molar-refractivity contribution in [1.29, 1.82) is 5.26 Å². The zero-order valence-corrected chi connectivity index (χ0v) is 17.4. The van der Waals surface area contributed by atoms with E-state index < -0.39 is 12.1 Å². The second-order valence-corrected chi connectivity index (χ2v) is 7.24. The first-order chi connectivity index (χ1) is 14.3. The van der Waals surface area contributed by atoms with Crippen molar-refractivity contribution in [1.82, 2.24) is 4.98 Å². The van der Waals surface area contributed by atoms with Crippen LogP contribution in [0.3, 0.4) is 0 Å². The molecule has 2 aromatic carbocycles. The molecule has 6 nitrogen and oxygen atoms in total. The van der Waals surface area contributed by atoms with Gasteiger partial charge in [0.25, 0.3) is 0 Å². The van der Waals surface area contributed by atoms with E-state index in [1.807, 2.05) is 73.6 Å². The van der Waals surface area contributed by atoms with Gasteiger partial charge in [0.15, 0.2) is 6.10 Å². The summed E-state index contributed by atoms with van der Waals surface area (Å²) in [5.74, 6) is -1.14. The molecule has 0 radical (unpaired) electrons. The smallest absolute Gasteiger partial charge is 0.349 e. The maximum atomic E-state index is 12.9. The van der Waals surface area contributed by atoms with Crippen molar-refractivity contribution in [3.05, 3.63) is 70.9 Å². The van der Waals surface area contributed by atoms with Gasteiger partial charge in [-0.3, -0.25) is 4.79 Å². The SMILES string of the molecule is Cc1[nH]c2ccccc2c1C(=O)C(C)OC(=O)/C(C#N)=C/c1ccc(N(C)C)cc1. The fraction of sp³-hybridized carbons (Fsp3) is 0.208. The van der Waals surface area contributed by atoms with Gasteiger partial charge in [-0.1, -0.05) is 30.3 Å².